The Morgan fingerprint density at radius 2 is 1.33 bits per heavy atom. The zero-order chi connectivity index (χ0) is 30.5. The Hall–Kier alpha value is -5.45. The average Bonchev–Trinajstić information content (AvgIpc) is 3.82. The van der Waals surface area contributed by atoms with Gasteiger partial charge in [0.15, 0.2) is 11.5 Å². The first-order valence-electron chi connectivity index (χ1n) is 14.1. The lowest BCUT2D eigenvalue weighted by atomic mass is 10.1. The van der Waals surface area contributed by atoms with E-state index < -0.39 is 0 Å². The SMILES string of the molecule is COc1ccc(Oc2cc(OC)c(-n3cnc4ccccc43)c(-c3nc4ccccc4s3)c2O)c(-c2nc3ccccc3s2)c1. The van der Waals surface area contributed by atoms with Gasteiger partial charge < -0.3 is 19.3 Å². The van der Waals surface area contributed by atoms with Gasteiger partial charge in [0, 0.05) is 6.07 Å². The summed E-state index contributed by atoms with van der Waals surface area (Å²) in [5.41, 5.74) is 5.22. The third kappa shape index (κ3) is 4.62. The maximum Gasteiger partial charge on any atom is 0.173 e. The highest BCUT2D eigenvalue weighted by Gasteiger charge is 2.27. The lowest BCUT2D eigenvalue weighted by molar-refractivity contribution is 0.390. The minimum atomic E-state index is -0.0753. The monoisotopic (exact) mass is 628 g/mol. The van der Waals surface area contributed by atoms with E-state index in [-0.39, 0.29) is 11.5 Å². The van der Waals surface area contributed by atoms with E-state index in [2.05, 4.69) is 4.98 Å². The van der Waals surface area contributed by atoms with Gasteiger partial charge in [-0.25, -0.2) is 15.0 Å². The zero-order valence-electron chi connectivity index (χ0n) is 24.1. The van der Waals surface area contributed by atoms with Crippen LogP contribution in [0, 0.1) is 0 Å². The van der Waals surface area contributed by atoms with Gasteiger partial charge >= 0.3 is 0 Å². The van der Waals surface area contributed by atoms with Crippen molar-refractivity contribution in [3.8, 4) is 55.6 Å². The van der Waals surface area contributed by atoms with E-state index in [1.807, 2.05) is 95.6 Å². The van der Waals surface area contributed by atoms with E-state index in [1.54, 1.807) is 38.0 Å². The first-order valence-corrected chi connectivity index (χ1v) is 15.7. The predicted molar refractivity (Wildman–Crippen MR) is 180 cm³/mol. The van der Waals surface area contributed by atoms with Crippen molar-refractivity contribution < 1.29 is 19.3 Å². The Morgan fingerprint density at radius 1 is 0.667 bits per heavy atom. The van der Waals surface area contributed by atoms with E-state index in [0.717, 1.165) is 42.0 Å². The lowest BCUT2D eigenvalue weighted by Gasteiger charge is -2.19. The van der Waals surface area contributed by atoms with E-state index in [9.17, 15) is 5.11 Å². The van der Waals surface area contributed by atoms with E-state index >= 15 is 0 Å². The van der Waals surface area contributed by atoms with Crippen LogP contribution < -0.4 is 14.2 Å². The number of thiazole rings is 2. The van der Waals surface area contributed by atoms with Crippen molar-refractivity contribution in [1.29, 1.82) is 0 Å². The molecule has 0 saturated carbocycles. The molecule has 0 atom stereocenters. The fourth-order valence-corrected chi connectivity index (χ4v) is 7.40. The summed E-state index contributed by atoms with van der Waals surface area (Å²) in [5.74, 6) is 1.78. The number of hydrogen-bond donors (Lipinski definition) is 1. The molecule has 0 saturated heterocycles. The molecule has 3 heterocycles. The number of ether oxygens (including phenoxy) is 3. The number of rotatable bonds is 7. The summed E-state index contributed by atoms with van der Waals surface area (Å²) >= 11 is 3.04. The molecule has 3 aromatic heterocycles. The fraction of sp³-hybridized carbons (Fsp3) is 0.0571. The Kier molecular flexibility index (Phi) is 6.58. The molecule has 8 nitrogen and oxygen atoms in total. The van der Waals surface area contributed by atoms with Crippen molar-refractivity contribution in [3.05, 3.63) is 103 Å². The summed E-state index contributed by atoms with van der Waals surface area (Å²) in [6.07, 6.45) is 1.73. The molecule has 0 aliphatic rings. The number of hydrogen-bond acceptors (Lipinski definition) is 9. The van der Waals surface area contributed by atoms with Gasteiger partial charge in [-0.2, -0.15) is 0 Å². The number of methoxy groups -OCH3 is 2. The standard InChI is InChI=1S/C35H24N4O4S2/c1-41-20-15-16-26(21(17-20)34-37-23-10-4-7-13-29(23)44-34)43-28-18-27(42-2)32(39-19-36-22-9-3-6-12-25(22)39)31(33(28)40)35-38-24-11-5-8-14-30(24)45-35/h3-19,40H,1-2H3. The van der Waals surface area contributed by atoms with Crippen LogP contribution in [0.4, 0.5) is 0 Å². The van der Waals surface area contributed by atoms with Gasteiger partial charge in [0.2, 0.25) is 0 Å². The summed E-state index contributed by atoms with van der Waals surface area (Å²) in [6, 6.07) is 30.9. The van der Waals surface area contributed by atoms with Crippen molar-refractivity contribution in [2.24, 2.45) is 0 Å². The highest BCUT2D eigenvalue weighted by atomic mass is 32.1. The first kappa shape index (κ1) is 27.1. The van der Waals surface area contributed by atoms with Crippen molar-refractivity contribution in [2.75, 3.05) is 14.2 Å². The van der Waals surface area contributed by atoms with Crippen LogP contribution in [0.1, 0.15) is 0 Å². The lowest BCUT2D eigenvalue weighted by Crippen LogP contribution is -2.02. The van der Waals surface area contributed by atoms with Crippen LogP contribution in [0.2, 0.25) is 0 Å². The molecule has 1 N–H and O–H groups in total. The summed E-state index contributed by atoms with van der Waals surface area (Å²) in [5, 5.41) is 13.5. The van der Waals surface area contributed by atoms with Crippen LogP contribution in [-0.4, -0.2) is 38.8 Å². The Bertz CT molecular complexity index is 2310. The smallest absolute Gasteiger partial charge is 0.173 e. The summed E-state index contributed by atoms with van der Waals surface area (Å²) in [6.45, 7) is 0. The van der Waals surface area contributed by atoms with Crippen LogP contribution in [0.5, 0.6) is 28.7 Å². The average molecular weight is 629 g/mol. The number of para-hydroxylation sites is 4. The third-order valence-electron chi connectivity index (χ3n) is 7.56. The van der Waals surface area contributed by atoms with Crippen molar-refractivity contribution in [3.63, 3.8) is 0 Å². The van der Waals surface area contributed by atoms with Crippen LogP contribution >= 0.6 is 22.7 Å². The number of aromatic nitrogens is 4. The van der Waals surface area contributed by atoms with Crippen LogP contribution in [0.3, 0.4) is 0 Å². The third-order valence-corrected chi connectivity index (χ3v) is 9.68. The van der Waals surface area contributed by atoms with Gasteiger partial charge in [0.05, 0.1) is 56.8 Å². The second-order valence-corrected chi connectivity index (χ2v) is 12.3. The Labute approximate surface area is 265 Å². The molecule has 0 amide bonds. The minimum absolute atomic E-state index is 0.0753. The van der Waals surface area contributed by atoms with Gasteiger partial charge in [-0.15, -0.1) is 22.7 Å². The van der Waals surface area contributed by atoms with Gasteiger partial charge in [-0.1, -0.05) is 36.4 Å². The van der Waals surface area contributed by atoms with Gasteiger partial charge in [0.25, 0.3) is 0 Å². The Balaban J connectivity index is 1.35. The summed E-state index contributed by atoms with van der Waals surface area (Å²) in [7, 11) is 3.22. The second-order valence-electron chi connectivity index (χ2n) is 10.2. The molecule has 8 aromatic rings. The Morgan fingerprint density at radius 3 is 2.04 bits per heavy atom. The molecular formula is C35H24N4O4S2. The quantitative estimate of drug-likeness (QED) is 0.188. The molecule has 5 aromatic carbocycles. The highest BCUT2D eigenvalue weighted by molar-refractivity contribution is 7.22. The molecule has 0 fully saturated rings. The molecule has 0 unspecified atom stereocenters. The highest BCUT2D eigenvalue weighted by Crippen LogP contribution is 2.51. The number of benzene rings is 5. The van der Waals surface area contributed by atoms with Crippen LogP contribution in [0.15, 0.2) is 103 Å². The topological polar surface area (TPSA) is 91.5 Å². The van der Waals surface area contributed by atoms with Crippen molar-refractivity contribution in [1.82, 2.24) is 19.5 Å². The number of aromatic hydroxyl groups is 1. The summed E-state index contributed by atoms with van der Waals surface area (Å²) in [4.78, 5) is 14.4. The van der Waals surface area contributed by atoms with Gasteiger partial charge in [-0.3, -0.25) is 4.57 Å². The number of fused-ring (bicyclic) bond motifs is 3. The largest absolute Gasteiger partial charge is 0.504 e. The molecular weight excluding hydrogens is 605 g/mol. The molecule has 0 radical (unpaired) electrons. The maximum atomic E-state index is 12.1. The van der Waals surface area contributed by atoms with Gasteiger partial charge in [-0.05, 0) is 54.6 Å². The number of phenolic OH excluding ortho intramolecular Hbond substituents is 1. The zero-order valence-corrected chi connectivity index (χ0v) is 25.7. The minimum Gasteiger partial charge on any atom is -0.504 e. The molecule has 8 rings (SSSR count). The number of phenols is 1. The first-order chi connectivity index (χ1) is 22.1. The second kappa shape index (κ2) is 10.9. The predicted octanol–water partition coefficient (Wildman–Crippen LogP) is 9.09. The maximum absolute atomic E-state index is 12.1. The van der Waals surface area contributed by atoms with E-state index in [4.69, 9.17) is 24.2 Å². The van der Waals surface area contributed by atoms with E-state index in [1.165, 1.54) is 11.3 Å². The fourth-order valence-electron chi connectivity index (χ4n) is 5.40. The molecule has 0 bridgehead atoms. The van der Waals surface area contributed by atoms with Crippen molar-refractivity contribution >= 4 is 54.1 Å². The van der Waals surface area contributed by atoms with Crippen molar-refractivity contribution in [2.45, 2.75) is 0 Å². The van der Waals surface area contributed by atoms with Crippen LogP contribution in [-0.2, 0) is 0 Å². The molecule has 0 spiro atoms. The van der Waals surface area contributed by atoms with Gasteiger partial charge in [0.1, 0.15) is 39.3 Å². The molecule has 0 aliphatic carbocycles. The number of nitrogens with zero attached hydrogens (tertiary/aromatic N) is 4. The normalized spacial score (nSPS) is 11.4. The molecule has 45 heavy (non-hydrogen) atoms. The molecule has 10 heteroatoms. The number of imidazole rings is 1. The molecule has 220 valence electrons. The summed E-state index contributed by atoms with van der Waals surface area (Å²) < 4.78 is 22.1. The van der Waals surface area contributed by atoms with Crippen LogP contribution in [0.25, 0.3) is 58.3 Å². The van der Waals surface area contributed by atoms with E-state index in [0.29, 0.717) is 33.5 Å². The molecule has 0 aliphatic heterocycles.